The molecule has 5 rings (SSSR count). The summed E-state index contributed by atoms with van der Waals surface area (Å²) in [6.45, 7) is 7.35. The number of aromatic nitrogens is 4. The normalized spacial score (nSPS) is 14.8. The molecule has 13 N–H and O–H groups in total. The van der Waals surface area contributed by atoms with Crippen LogP contribution in [0.1, 0.15) is 89.8 Å². The number of nitrogens with two attached hydrogens (primary N) is 3. The van der Waals surface area contributed by atoms with Crippen LogP contribution in [-0.2, 0) is 52.9 Å². The Morgan fingerprint density at radius 1 is 0.829 bits per heavy atom. The molecule has 2 aromatic heterocycles. The summed E-state index contributed by atoms with van der Waals surface area (Å²) >= 11 is 0. The zero-order chi connectivity index (χ0) is 55.1. The molecule has 1 saturated heterocycles. The number of carbonyl (C=O) groups excluding carboxylic acids is 7. The molecule has 6 amide bonds. The molecule has 1 fully saturated rings. The van der Waals surface area contributed by atoms with Crippen LogP contribution in [0.4, 0.5) is 5.69 Å². The van der Waals surface area contributed by atoms with Gasteiger partial charge in [-0.1, -0.05) is 45.7 Å². The van der Waals surface area contributed by atoms with E-state index in [1.54, 1.807) is 29.2 Å². The van der Waals surface area contributed by atoms with Crippen LogP contribution in [0.25, 0.3) is 10.9 Å². The number of aromatic hydroxyl groups is 1. The fourth-order valence-electron chi connectivity index (χ4n) is 8.73. The van der Waals surface area contributed by atoms with Crippen LogP contribution in [0.3, 0.4) is 0 Å². The Labute approximate surface area is 441 Å². The fourth-order valence-corrected chi connectivity index (χ4v) is 8.73. The van der Waals surface area contributed by atoms with Crippen molar-refractivity contribution >= 4 is 64.3 Å². The molecule has 0 bridgehead atoms. The average molecular weight is 1050 g/mol. The van der Waals surface area contributed by atoms with Crippen LogP contribution >= 0.6 is 0 Å². The highest BCUT2D eigenvalue weighted by Gasteiger charge is 2.34. The number of phenols is 1. The minimum absolute atomic E-state index is 0.0266. The first-order valence-electron chi connectivity index (χ1n) is 26.0. The quantitative estimate of drug-likeness (QED) is 0.0142. The molecule has 0 aliphatic carbocycles. The van der Waals surface area contributed by atoms with Gasteiger partial charge in [0.05, 0.1) is 29.6 Å². The average Bonchev–Trinajstić information content (AvgIpc) is 3.94. The lowest BCUT2D eigenvalue weighted by atomic mass is 9.97. The van der Waals surface area contributed by atoms with Gasteiger partial charge < -0.3 is 68.5 Å². The number of nitrogens with one attached hydrogen (secondary N) is 6. The number of phenolic OH excluding ortho intramolecular Hbond substituents is 1. The summed E-state index contributed by atoms with van der Waals surface area (Å²) in [5.74, 6) is -3.25. The molecule has 0 spiro atoms. The lowest BCUT2D eigenvalue weighted by molar-refractivity contribution is -0.138. The Kier molecular flexibility index (Phi) is 23.2. The van der Waals surface area contributed by atoms with E-state index in [0.717, 1.165) is 11.0 Å². The SMILES string of the molecule is CCCCC(=O)N[C@H](C(=O)N[C@@H](CCCCN)C(=O)N1CCN(c2ccc3ncn(CC(=O)N[C@@H](CCCN=C(N)N)C(=O)N[C@@H](Cc4cnc[nH]4)C(=O)NC(C=O)Cc4ccc(O)cc4)c(=O)c3c2)CC1)[C@@H](C)CC. The molecular weight excluding hydrogens is 979 g/mol. The maximum atomic E-state index is 14.1. The summed E-state index contributed by atoms with van der Waals surface area (Å²) in [5.41, 5.74) is 18.5. The number of hydrogen-bond donors (Lipinski definition) is 10. The first kappa shape index (κ1) is 59.0. The van der Waals surface area contributed by atoms with Crippen LogP contribution in [0.15, 0.2) is 71.1 Å². The smallest absolute Gasteiger partial charge is 0.261 e. The van der Waals surface area contributed by atoms with Gasteiger partial charge in [0.2, 0.25) is 35.4 Å². The second-order valence-corrected chi connectivity index (χ2v) is 19.1. The Morgan fingerprint density at radius 2 is 1.54 bits per heavy atom. The molecule has 6 atom stereocenters. The number of hydrogen-bond acceptors (Lipinski definition) is 14. The minimum atomic E-state index is -1.24. The Morgan fingerprint density at radius 3 is 2.20 bits per heavy atom. The van der Waals surface area contributed by atoms with Gasteiger partial charge in [-0.05, 0) is 93.3 Å². The number of anilines is 1. The number of fused-ring (bicyclic) bond motifs is 1. The van der Waals surface area contributed by atoms with Crippen molar-refractivity contribution in [1.29, 1.82) is 0 Å². The van der Waals surface area contributed by atoms with E-state index in [4.69, 9.17) is 17.2 Å². The summed E-state index contributed by atoms with van der Waals surface area (Å²) in [6.07, 6.45) is 9.19. The molecule has 4 aromatic rings. The molecule has 76 heavy (non-hydrogen) atoms. The Hall–Kier alpha value is -7.89. The zero-order valence-electron chi connectivity index (χ0n) is 43.7. The molecule has 24 nitrogen and oxygen atoms in total. The number of rotatable bonds is 30. The molecule has 1 aliphatic heterocycles. The van der Waals surface area contributed by atoms with Gasteiger partial charge >= 0.3 is 0 Å². The van der Waals surface area contributed by atoms with Crippen molar-refractivity contribution in [2.45, 2.75) is 128 Å². The van der Waals surface area contributed by atoms with Gasteiger partial charge in [0.15, 0.2) is 5.96 Å². The van der Waals surface area contributed by atoms with Gasteiger partial charge in [0.1, 0.15) is 42.7 Å². The van der Waals surface area contributed by atoms with Gasteiger partial charge in [0.25, 0.3) is 5.56 Å². The van der Waals surface area contributed by atoms with Crippen LogP contribution in [0.5, 0.6) is 5.75 Å². The molecule has 1 aliphatic rings. The predicted octanol–water partition coefficient (Wildman–Crippen LogP) is 0.001000. The minimum Gasteiger partial charge on any atom is -0.508 e. The predicted molar refractivity (Wildman–Crippen MR) is 286 cm³/mol. The van der Waals surface area contributed by atoms with E-state index >= 15 is 0 Å². The third-order valence-electron chi connectivity index (χ3n) is 13.3. The topological polar surface area (TPSA) is 360 Å². The molecule has 2 aromatic carbocycles. The van der Waals surface area contributed by atoms with Crippen molar-refractivity contribution in [3.63, 3.8) is 0 Å². The number of unbranched alkanes of at least 4 members (excludes halogenated alkanes) is 2. The van der Waals surface area contributed by atoms with Gasteiger partial charge in [-0.2, -0.15) is 0 Å². The van der Waals surface area contributed by atoms with Gasteiger partial charge in [-0.15, -0.1) is 0 Å². The molecule has 0 saturated carbocycles. The van der Waals surface area contributed by atoms with Crippen molar-refractivity contribution < 1.29 is 38.7 Å². The van der Waals surface area contributed by atoms with Gasteiger partial charge in [-0.25, -0.2) is 9.97 Å². The molecule has 24 heteroatoms. The van der Waals surface area contributed by atoms with Crippen molar-refractivity contribution in [1.82, 2.24) is 51.0 Å². The monoisotopic (exact) mass is 1050 g/mol. The molecule has 1 unspecified atom stereocenters. The number of piperazine rings is 1. The Balaban J connectivity index is 1.27. The van der Waals surface area contributed by atoms with E-state index in [1.807, 2.05) is 31.7 Å². The summed E-state index contributed by atoms with van der Waals surface area (Å²) in [5, 5.41) is 23.8. The highest BCUT2D eigenvalue weighted by Crippen LogP contribution is 2.22. The highest BCUT2D eigenvalue weighted by molar-refractivity contribution is 5.94. The third-order valence-corrected chi connectivity index (χ3v) is 13.3. The third kappa shape index (κ3) is 17.9. The van der Waals surface area contributed by atoms with Crippen LogP contribution < -0.4 is 54.2 Å². The number of aromatic amines is 1. The van der Waals surface area contributed by atoms with E-state index in [9.17, 15) is 43.5 Å². The lowest BCUT2D eigenvalue weighted by Gasteiger charge is -2.38. The number of imidazole rings is 1. The standard InChI is InChI=1S/C52H75N15O9/c1-4-6-12-44(70)64-46(33(3)5-2)49(74)62-42(10-7-8-19-53)51(76)66-23-21-65(22-24-66)37-15-18-40-39(27-37)50(75)67(32-59-40)29-45(71)61-41(11-9-20-57-52(54)55)47(72)63-43(26-35-28-56-31-58-35)48(73)60-36(30-68)25-34-13-16-38(69)17-14-34/h13-18,27-28,30-33,36,41-43,46,69H,4-12,19-26,29,53H2,1-3H3,(H,56,58)(H,60,73)(H,61,71)(H,62,74)(H,63,72)(H,64,70)(H4,54,55,57)/t33-,36?,41-,42-,43-,46-/m0/s1. The number of aldehydes is 1. The van der Waals surface area contributed by atoms with Crippen molar-refractivity contribution in [3.8, 4) is 5.75 Å². The van der Waals surface area contributed by atoms with Crippen molar-refractivity contribution in [2.75, 3.05) is 44.2 Å². The van der Waals surface area contributed by atoms with E-state index in [2.05, 4.69) is 46.5 Å². The number of H-pyrrole nitrogens is 1. The second-order valence-electron chi connectivity index (χ2n) is 19.1. The zero-order valence-corrected chi connectivity index (χ0v) is 43.7. The highest BCUT2D eigenvalue weighted by atomic mass is 16.3. The number of carbonyl (C=O) groups is 7. The molecule has 0 radical (unpaired) electrons. The summed E-state index contributed by atoms with van der Waals surface area (Å²) < 4.78 is 1.12. The first-order chi connectivity index (χ1) is 36.5. The van der Waals surface area contributed by atoms with Crippen molar-refractivity contribution in [2.24, 2.45) is 28.1 Å². The number of benzene rings is 2. The van der Waals surface area contributed by atoms with Crippen LogP contribution in [0, 0.1) is 5.92 Å². The summed E-state index contributed by atoms with van der Waals surface area (Å²) in [7, 11) is 0. The number of nitrogens with zero attached hydrogens (tertiary/aromatic N) is 6. The van der Waals surface area contributed by atoms with Crippen molar-refractivity contribution in [3.05, 3.63) is 82.9 Å². The molecule has 412 valence electrons. The maximum Gasteiger partial charge on any atom is 0.261 e. The molecular formula is C52H75N15O9. The Bertz CT molecular complexity index is 2650. The van der Waals surface area contributed by atoms with Crippen LogP contribution in [-0.4, -0.2) is 147 Å². The summed E-state index contributed by atoms with van der Waals surface area (Å²) in [4.78, 5) is 127. The number of amides is 6. The van der Waals surface area contributed by atoms with Gasteiger partial charge in [0, 0.05) is 63.1 Å². The van der Waals surface area contributed by atoms with E-state index in [1.165, 1.54) is 31.0 Å². The maximum absolute atomic E-state index is 14.1. The van der Waals surface area contributed by atoms with E-state index in [0.29, 0.717) is 100.0 Å². The molecule has 3 heterocycles. The largest absolute Gasteiger partial charge is 0.508 e. The van der Waals surface area contributed by atoms with E-state index in [-0.39, 0.29) is 67.1 Å². The number of aliphatic imine (C=N–C) groups is 1. The van der Waals surface area contributed by atoms with Crippen LogP contribution in [0.2, 0.25) is 0 Å². The first-order valence-corrected chi connectivity index (χ1v) is 26.0. The number of guanidine groups is 1. The van der Waals surface area contributed by atoms with Gasteiger partial charge in [-0.3, -0.25) is 43.1 Å². The van der Waals surface area contributed by atoms with E-state index < -0.39 is 65.9 Å². The fraction of sp³-hybridized carbons (Fsp3) is 0.519. The lowest BCUT2D eigenvalue weighted by Crippen LogP contribution is -2.58. The summed E-state index contributed by atoms with van der Waals surface area (Å²) in [6, 6.07) is 6.28. The second kappa shape index (κ2) is 29.9.